The van der Waals surface area contributed by atoms with Gasteiger partial charge in [0.05, 0.1) is 26.4 Å². The van der Waals surface area contributed by atoms with E-state index in [1.807, 2.05) is 30.3 Å². The molecule has 0 aliphatic carbocycles. The number of rotatable bonds is 19. The molecule has 2 atom stereocenters. The first-order chi connectivity index (χ1) is 15.7. The van der Waals surface area contributed by atoms with Gasteiger partial charge in [0.25, 0.3) is 0 Å². The van der Waals surface area contributed by atoms with E-state index in [0.717, 1.165) is 18.4 Å². The van der Waals surface area contributed by atoms with Crippen LogP contribution in [0.5, 0.6) is 0 Å². The molecule has 0 aromatic heterocycles. The molecule has 1 fully saturated rings. The van der Waals surface area contributed by atoms with Crippen LogP contribution in [0.3, 0.4) is 0 Å². The average molecular weight is 473 g/mol. The van der Waals surface area contributed by atoms with Crippen molar-refractivity contribution < 1.29 is 32.7 Å². The van der Waals surface area contributed by atoms with Crippen molar-refractivity contribution in [2.24, 2.45) is 0 Å². The molecule has 2 rings (SSSR count). The SMILES string of the molecule is CCCCCCCCCCCCOC(OP1(=O)OCCO1)C(CO)OCc1ccccc1. The number of phosphoric ester groups is 1. The molecule has 2 unspecified atom stereocenters. The first kappa shape index (κ1) is 27.5. The van der Waals surface area contributed by atoms with Gasteiger partial charge in [0, 0.05) is 6.61 Å². The minimum absolute atomic E-state index is 0.205. The lowest BCUT2D eigenvalue weighted by atomic mass is 10.1. The lowest BCUT2D eigenvalue weighted by Gasteiger charge is -2.27. The normalized spacial score (nSPS) is 17.4. The maximum atomic E-state index is 12.5. The summed E-state index contributed by atoms with van der Waals surface area (Å²) in [4.78, 5) is 0. The van der Waals surface area contributed by atoms with Gasteiger partial charge in [-0.1, -0.05) is 95.0 Å². The van der Waals surface area contributed by atoms with Crippen LogP contribution in [0.25, 0.3) is 0 Å². The molecular weight excluding hydrogens is 431 g/mol. The Labute approximate surface area is 193 Å². The standard InChI is InChI=1S/C24H41O7P/c1-2-3-4-5-6-7-8-9-10-14-17-27-24(31-32(26)29-18-19-30-32)23(20-25)28-21-22-15-12-11-13-16-22/h11-13,15-16,23-25H,2-10,14,17-21H2,1H3. The van der Waals surface area contributed by atoms with Crippen LogP contribution in [0.15, 0.2) is 30.3 Å². The van der Waals surface area contributed by atoms with Crippen LogP contribution in [0.2, 0.25) is 0 Å². The van der Waals surface area contributed by atoms with Gasteiger partial charge in [-0.15, -0.1) is 0 Å². The summed E-state index contributed by atoms with van der Waals surface area (Å²) in [6.07, 6.45) is 10.4. The first-order valence-electron chi connectivity index (χ1n) is 12.1. The Hall–Kier alpha value is -0.790. The van der Waals surface area contributed by atoms with Gasteiger partial charge in [0.15, 0.2) is 6.29 Å². The van der Waals surface area contributed by atoms with E-state index in [1.165, 1.54) is 51.4 Å². The summed E-state index contributed by atoms with van der Waals surface area (Å²) in [6.45, 7) is 3.01. The molecule has 0 amide bonds. The third kappa shape index (κ3) is 11.4. The number of aliphatic hydroxyl groups is 1. The van der Waals surface area contributed by atoms with Crippen molar-refractivity contribution in [2.45, 2.75) is 90.1 Å². The summed E-state index contributed by atoms with van der Waals surface area (Å²) in [6, 6.07) is 9.62. The fourth-order valence-corrected chi connectivity index (χ4v) is 4.76. The highest BCUT2D eigenvalue weighted by molar-refractivity contribution is 7.48. The Morgan fingerprint density at radius 3 is 2.09 bits per heavy atom. The maximum Gasteiger partial charge on any atom is 0.477 e. The lowest BCUT2D eigenvalue weighted by Crippen LogP contribution is -2.36. The highest BCUT2D eigenvalue weighted by Gasteiger charge is 2.39. The largest absolute Gasteiger partial charge is 0.477 e. The minimum atomic E-state index is -3.69. The smallest absolute Gasteiger partial charge is 0.393 e. The molecule has 184 valence electrons. The number of hydrogen-bond donors (Lipinski definition) is 1. The third-order valence-electron chi connectivity index (χ3n) is 5.39. The monoisotopic (exact) mass is 472 g/mol. The Bertz CT molecular complexity index is 618. The molecular formula is C24H41O7P. The summed E-state index contributed by atoms with van der Waals surface area (Å²) < 4.78 is 40.0. The van der Waals surface area contributed by atoms with Gasteiger partial charge >= 0.3 is 7.82 Å². The van der Waals surface area contributed by atoms with E-state index in [9.17, 15) is 9.67 Å². The minimum Gasteiger partial charge on any atom is -0.393 e. The molecule has 0 radical (unpaired) electrons. The molecule has 0 saturated carbocycles. The summed E-state index contributed by atoms with van der Waals surface area (Å²) >= 11 is 0. The molecule has 1 N–H and O–H groups in total. The second-order valence-electron chi connectivity index (χ2n) is 8.16. The molecule has 1 aliphatic rings. The van der Waals surface area contributed by atoms with Crippen LogP contribution in [0, 0.1) is 0 Å². The Balaban J connectivity index is 1.72. The Morgan fingerprint density at radius 1 is 0.906 bits per heavy atom. The predicted molar refractivity (Wildman–Crippen MR) is 124 cm³/mol. The second kappa shape index (κ2) is 16.8. The van der Waals surface area contributed by atoms with Crippen LogP contribution in [-0.2, 0) is 34.2 Å². The van der Waals surface area contributed by atoms with Crippen LogP contribution in [-0.4, -0.2) is 43.9 Å². The fraction of sp³-hybridized carbons (Fsp3) is 0.750. The van der Waals surface area contributed by atoms with Gasteiger partial charge in [0.2, 0.25) is 0 Å². The summed E-state index contributed by atoms with van der Waals surface area (Å²) in [5, 5.41) is 9.85. The van der Waals surface area contributed by atoms with Crippen molar-refractivity contribution in [3.63, 3.8) is 0 Å². The van der Waals surface area contributed by atoms with Crippen LogP contribution >= 0.6 is 7.82 Å². The molecule has 7 nitrogen and oxygen atoms in total. The van der Waals surface area contributed by atoms with Crippen molar-refractivity contribution in [2.75, 3.05) is 26.4 Å². The molecule has 8 heteroatoms. The lowest BCUT2D eigenvalue weighted by molar-refractivity contribution is -0.185. The number of unbranched alkanes of at least 4 members (excludes halogenated alkanes) is 9. The second-order valence-corrected chi connectivity index (χ2v) is 9.78. The zero-order chi connectivity index (χ0) is 22.9. The van der Waals surface area contributed by atoms with Gasteiger partial charge in [-0.05, 0) is 12.0 Å². The van der Waals surface area contributed by atoms with Gasteiger partial charge in [-0.2, -0.15) is 0 Å². The molecule has 1 aliphatic heterocycles. The van der Waals surface area contributed by atoms with E-state index in [0.29, 0.717) is 6.61 Å². The molecule has 1 saturated heterocycles. The quantitative estimate of drug-likeness (QED) is 0.150. The van der Waals surface area contributed by atoms with Crippen molar-refractivity contribution in [3.05, 3.63) is 35.9 Å². The molecule has 1 aromatic rings. The highest BCUT2D eigenvalue weighted by Crippen LogP contribution is 2.54. The maximum absolute atomic E-state index is 12.5. The highest BCUT2D eigenvalue weighted by atomic mass is 31.2. The van der Waals surface area contributed by atoms with Gasteiger partial charge in [0.1, 0.15) is 6.10 Å². The number of aliphatic hydroxyl groups excluding tert-OH is 1. The van der Waals surface area contributed by atoms with Crippen LogP contribution in [0.4, 0.5) is 0 Å². The van der Waals surface area contributed by atoms with E-state index >= 15 is 0 Å². The van der Waals surface area contributed by atoms with Crippen molar-refractivity contribution >= 4 is 7.82 Å². The Morgan fingerprint density at radius 2 is 1.50 bits per heavy atom. The van der Waals surface area contributed by atoms with E-state index in [1.54, 1.807) is 0 Å². The molecule has 0 bridgehead atoms. The van der Waals surface area contributed by atoms with E-state index in [2.05, 4.69) is 6.92 Å². The van der Waals surface area contributed by atoms with Crippen LogP contribution in [0.1, 0.15) is 76.7 Å². The number of benzene rings is 1. The summed E-state index contributed by atoms with van der Waals surface area (Å²) in [5.74, 6) is 0. The Kier molecular flexibility index (Phi) is 14.4. The predicted octanol–water partition coefficient (Wildman–Crippen LogP) is 6.00. The van der Waals surface area contributed by atoms with Crippen molar-refractivity contribution in [1.29, 1.82) is 0 Å². The van der Waals surface area contributed by atoms with E-state index in [4.69, 9.17) is 23.0 Å². The first-order valence-corrected chi connectivity index (χ1v) is 13.6. The molecule has 32 heavy (non-hydrogen) atoms. The number of ether oxygens (including phenoxy) is 2. The third-order valence-corrected chi connectivity index (χ3v) is 6.85. The van der Waals surface area contributed by atoms with Crippen molar-refractivity contribution in [3.8, 4) is 0 Å². The molecule has 1 heterocycles. The number of phosphoric acid groups is 1. The topological polar surface area (TPSA) is 83.5 Å². The summed E-state index contributed by atoms with van der Waals surface area (Å²) in [7, 11) is -3.69. The van der Waals surface area contributed by atoms with E-state index in [-0.39, 0.29) is 26.4 Å². The number of hydrogen-bond acceptors (Lipinski definition) is 7. The molecule has 1 aromatic carbocycles. The van der Waals surface area contributed by atoms with Gasteiger partial charge < -0.3 is 14.6 Å². The fourth-order valence-electron chi connectivity index (χ4n) is 3.51. The van der Waals surface area contributed by atoms with E-state index < -0.39 is 20.2 Å². The summed E-state index contributed by atoms with van der Waals surface area (Å²) in [5.41, 5.74) is 0.958. The van der Waals surface area contributed by atoms with Gasteiger partial charge in [-0.3, -0.25) is 13.6 Å². The van der Waals surface area contributed by atoms with Gasteiger partial charge in [-0.25, -0.2) is 4.57 Å². The van der Waals surface area contributed by atoms with Crippen LogP contribution < -0.4 is 0 Å². The van der Waals surface area contributed by atoms with Crippen molar-refractivity contribution in [1.82, 2.24) is 0 Å². The molecule has 0 spiro atoms. The zero-order valence-corrected chi connectivity index (χ0v) is 20.4. The zero-order valence-electron chi connectivity index (χ0n) is 19.5. The average Bonchev–Trinajstić information content (AvgIpc) is 3.24.